The third kappa shape index (κ3) is 5.08. The van der Waals surface area contributed by atoms with Gasteiger partial charge in [-0.1, -0.05) is 17.7 Å². The molecule has 0 bridgehead atoms. The Morgan fingerprint density at radius 1 is 1.26 bits per heavy atom. The lowest BCUT2D eigenvalue weighted by Gasteiger charge is -2.17. The van der Waals surface area contributed by atoms with Gasteiger partial charge in [0.15, 0.2) is 11.6 Å². The minimum Gasteiger partial charge on any atom is -0.484 e. The topological polar surface area (TPSA) is 95.0 Å². The van der Waals surface area contributed by atoms with Crippen LogP contribution in [0.4, 0.5) is 26.5 Å². The number of hydrogen-bond donors (Lipinski definition) is 1. The summed E-state index contributed by atoms with van der Waals surface area (Å²) in [7, 11) is 1.66. The Morgan fingerprint density at radius 2 is 2.14 bits per heavy atom. The van der Waals surface area contributed by atoms with Gasteiger partial charge in [0.2, 0.25) is 17.6 Å². The van der Waals surface area contributed by atoms with Crippen LogP contribution >= 0.6 is 11.6 Å². The van der Waals surface area contributed by atoms with Crippen molar-refractivity contribution >= 4 is 35.0 Å². The van der Waals surface area contributed by atoms with Crippen molar-refractivity contribution in [2.45, 2.75) is 18.9 Å². The second kappa shape index (κ2) is 9.93. The molecule has 1 fully saturated rings. The SMILES string of the molecule is CN1C(=O)OCCc2cc(Nc3ncc(Cl)c(Oc4c(F)cccc4OC4CCOC4)n3)ccc21. The number of hydrogen-bond acceptors (Lipinski definition) is 8. The molecule has 9 nitrogen and oxygen atoms in total. The highest BCUT2D eigenvalue weighted by molar-refractivity contribution is 6.31. The molecule has 0 saturated carbocycles. The fraction of sp³-hybridized carbons (Fsp3) is 0.292. The molecule has 2 aliphatic heterocycles. The van der Waals surface area contributed by atoms with E-state index in [0.717, 1.165) is 11.3 Å². The molecule has 0 radical (unpaired) electrons. The van der Waals surface area contributed by atoms with E-state index >= 15 is 0 Å². The van der Waals surface area contributed by atoms with Crippen molar-refractivity contribution in [2.24, 2.45) is 0 Å². The van der Waals surface area contributed by atoms with Gasteiger partial charge >= 0.3 is 6.09 Å². The second-order valence-corrected chi connectivity index (χ2v) is 8.42. The number of para-hydroxylation sites is 1. The zero-order valence-corrected chi connectivity index (χ0v) is 19.5. The number of halogens is 2. The van der Waals surface area contributed by atoms with E-state index in [-0.39, 0.29) is 41.1 Å². The van der Waals surface area contributed by atoms with Gasteiger partial charge in [-0.25, -0.2) is 14.2 Å². The third-order valence-electron chi connectivity index (χ3n) is 5.59. The molecule has 1 atom stereocenters. The summed E-state index contributed by atoms with van der Waals surface area (Å²) in [5.74, 6) is -0.339. The van der Waals surface area contributed by atoms with Gasteiger partial charge in [-0.2, -0.15) is 4.98 Å². The number of nitrogens with one attached hydrogen (secondary N) is 1. The molecule has 11 heteroatoms. The summed E-state index contributed by atoms with van der Waals surface area (Å²) in [4.78, 5) is 21.9. The van der Waals surface area contributed by atoms with Crippen molar-refractivity contribution in [3.05, 3.63) is 59.0 Å². The lowest BCUT2D eigenvalue weighted by atomic mass is 10.1. The fourth-order valence-electron chi connectivity index (χ4n) is 3.81. The summed E-state index contributed by atoms with van der Waals surface area (Å²) >= 11 is 6.25. The van der Waals surface area contributed by atoms with E-state index in [9.17, 15) is 9.18 Å². The highest BCUT2D eigenvalue weighted by Crippen LogP contribution is 2.37. The van der Waals surface area contributed by atoms with Gasteiger partial charge in [0.1, 0.15) is 11.1 Å². The van der Waals surface area contributed by atoms with Crippen LogP contribution < -0.4 is 19.7 Å². The Bertz CT molecular complexity index is 1250. The number of amides is 1. The van der Waals surface area contributed by atoms with E-state index in [1.54, 1.807) is 19.2 Å². The number of benzene rings is 2. The molecule has 3 heterocycles. The molecule has 2 aromatic carbocycles. The third-order valence-corrected chi connectivity index (χ3v) is 5.85. The summed E-state index contributed by atoms with van der Waals surface area (Å²) in [6, 6.07) is 9.91. The summed E-state index contributed by atoms with van der Waals surface area (Å²) in [6.07, 6.45) is 2.05. The summed E-state index contributed by atoms with van der Waals surface area (Å²) in [5, 5.41) is 3.20. The number of carbonyl (C=O) groups is 1. The van der Waals surface area contributed by atoms with Gasteiger partial charge in [-0.05, 0) is 35.9 Å². The van der Waals surface area contributed by atoms with E-state index < -0.39 is 11.9 Å². The van der Waals surface area contributed by atoms with E-state index in [2.05, 4.69) is 15.3 Å². The first-order valence-electron chi connectivity index (χ1n) is 11.0. The molecule has 0 spiro atoms. The molecule has 35 heavy (non-hydrogen) atoms. The minimum absolute atomic E-state index is 0.0321. The summed E-state index contributed by atoms with van der Waals surface area (Å²) < 4.78 is 36.8. The number of rotatable bonds is 6. The van der Waals surface area contributed by atoms with Crippen LogP contribution in [0.3, 0.4) is 0 Å². The Hall–Kier alpha value is -3.63. The minimum atomic E-state index is -0.614. The average molecular weight is 501 g/mol. The monoisotopic (exact) mass is 500 g/mol. The molecule has 1 N–H and O–H groups in total. The maximum absolute atomic E-state index is 14.7. The van der Waals surface area contributed by atoms with Crippen LogP contribution in [0, 0.1) is 5.82 Å². The Morgan fingerprint density at radius 3 is 2.97 bits per heavy atom. The molecule has 2 aliphatic rings. The molecule has 1 amide bonds. The summed E-state index contributed by atoms with van der Waals surface area (Å²) in [5.41, 5.74) is 2.38. The van der Waals surface area contributed by atoms with Crippen molar-refractivity contribution in [3.63, 3.8) is 0 Å². The Labute approximate surface area is 205 Å². The van der Waals surface area contributed by atoms with E-state index in [0.29, 0.717) is 31.7 Å². The molecular formula is C24H22ClFN4O5. The van der Waals surface area contributed by atoms with Crippen molar-refractivity contribution in [1.82, 2.24) is 9.97 Å². The standard InChI is InChI=1S/C24H22ClFN4O5/c1-30-19-6-5-15(11-14(19)7-10-33-24(30)31)28-23-27-12-17(25)22(29-23)35-21-18(26)3-2-4-20(21)34-16-8-9-32-13-16/h2-6,11-12,16H,7-10,13H2,1H3,(H,27,28,29). The first-order chi connectivity index (χ1) is 17.0. The smallest absolute Gasteiger partial charge is 0.414 e. The number of carbonyl (C=O) groups excluding carboxylic acids is 1. The molecule has 3 aromatic rings. The van der Waals surface area contributed by atoms with Gasteiger partial charge in [0, 0.05) is 25.6 Å². The maximum atomic E-state index is 14.7. The number of fused-ring (bicyclic) bond motifs is 1. The average Bonchev–Trinajstić information content (AvgIpc) is 3.31. The lowest BCUT2D eigenvalue weighted by molar-refractivity contribution is 0.138. The number of aromatic nitrogens is 2. The quantitative estimate of drug-likeness (QED) is 0.499. The number of cyclic esters (lactones) is 1. The van der Waals surface area contributed by atoms with Crippen LogP contribution in [0.1, 0.15) is 12.0 Å². The second-order valence-electron chi connectivity index (χ2n) is 8.01. The van der Waals surface area contributed by atoms with Crippen LogP contribution in [0.25, 0.3) is 0 Å². The highest BCUT2D eigenvalue weighted by Gasteiger charge is 2.23. The van der Waals surface area contributed by atoms with Crippen molar-refractivity contribution < 1.29 is 28.1 Å². The van der Waals surface area contributed by atoms with Crippen LogP contribution in [0.2, 0.25) is 5.02 Å². The van der Waals surface area contributed by atoms with Gasteiger partial charge in [-0.15, -0.1) is 0 Å². The largest absolute Gasteiger partial charge is 0.484 e. The molecule has 0 aliphatic carbocycles. The van der Waals surface area contributed by atoms with E-state index in [4.69, 9.17) is 30.5 Å². The number of anilines is 3. The molecule has 1 aromatic heterocycles. The van der Waals surface area contributed by atoms with Crippen LogP contribution in [-0.2, 0) is 15.9 Å². The summed E-state index contributed by atoms with van der Waals surface area (Å²) in [6.45, 7) is 1.30. The predicted octanol–water partition coefficient (Wildman–Crippen LogP) is 5.10. The Balaban J connectivity index is 1.38. The highest BCUT2D eigenvalue weighted by atomic mass is 35.5. The lowest BCUT2D eigenvalue weighted by Crippen LogP contribution is -2.25. The molecule has 1 saturated heterocycles. The predicted molar refractivity (Wildman–Crippen MR) is 127 cm³/mol. The number of nitrogens with zero attached hydrogens (tertiary/aromatic N) is 3. The van der Waals surface area contributed by atoms with Gasteiger partial charge in [-0.3, -0.25) is 4.90 Å². The Kier molecular flexibility index (Phi) is 6.56. The normalized spacial score (nSPS) is 17.4. The first-order valence-corrected chi connectivity index (χ1v) is 11.4. The molecular weight excluding hydrogens is 479 g/mol. The van der Waals surface area contributed by atoms with Crippen molar-refractivity contribution in [1.29, 1.82) is 0 Å². The van der Waals surface area contributed by atoms with Gasteiger partial charge in [0.05, 0.1) is 31.7 Å². The zero-order valence-electron chi connectivity index (χ0n) is 18.8. The van der Waals surface area contributed by atoms with Gasteiger partial charge < -0.3 is 24.3 Å². The van der Waals surface area contributed by atoms with Crippen molar-refractivity contribution in [2.75, 3.05) is 37.1 Å². The van der Waals surface area contributed by atoms with Gasteiger partial charge in [0.25, 0.3) is 0 Å². The van der Waals surface area contributed by atoms with E-state index in [1.165, 1.54) is 23.2 Å². The van der Waals surface area contributed by atoms with Crippen molar-refractivity contribution in [3.8, 4) is 17.4 Å². The van der Waals surface area contributed by atoms with E-state index in [1.807, 2.05) is 12.1 Å². The van der Waals surface area contributed by atoms with Crippen LogP contribution in [-0.4, -0.2) is 49.0 Å². The zero-order chi connectivity index (χ0) is 24.4. The van der Waals surface area contributed by atoms with Crippen LogP contribution in [0.15, 0.2) is 42.6 Å². The maximum Gasteiger partial charge on any atom is 0.414 e. The molecule has 5 rings (SSSR count). The molecule has 182 valence electrons. The fourth-order valence-corrected chi connectivity index (χ4v) is 3.94. The number of ether oxygens (including phenoxy) is 4. The molecule has 1 unspecified atom stereocenters. The van der Waals surface area contributed by atoms with Crippen LogP contribution in [0.5, 0.6) is 17.4 Å². The first kappa shape index (κ1) is 23.1.